The Kier molecular flexibility index (Phi) is 3.93. The first-order chi connectivity index (χ1) is 15.3. The Bertz CT molecular complexity index is 979. The van der Waals surface area contributed by atoms with Crippen LogP contribution < -0.4 is 0 Å². The lowest BCUT2D eigenvalue weighted by Gasteiger charge is -2.62. The molecule has 0 bridgehead atoms. The molecule has 1 unspecified atom stereocenters. The van der Waals surface area contributed by atoms with Gasteiger partial charge in [0, 0.05) is 5.41 Å². The molecule has 7 rings (SSSR count). The number of fused-ring (bicyclic) bond motifs is 8. The van der Waals surface area contributed by atoms with Gasteiger partial charge in [0.05, 0.1) is 18.0 Å². The van der Waals surface area contributed by atoms with Gasteiger partial charge in [-0.1, -0.05) is 26.3 Å². The number of aromatic amines is 1. The van der Waals surface area contributed by atoms with E-state index in [0.29, 0.717) is 30.8 Å². The number of H-pyrrole nitrogens is 1. The predicted molar refractivity (Wildman–Crippen MR) is 115 cm³/mol. The largest absolute Gasteiger partial charge is 0.393 e. The van der Waals surface area contributed by atoms with Crippen molar-refractivity contribution in [2.45, 2.75) is 70.4 Å². The fraction of sp³-hybridized carbons (Fsp3) is 0.800. The van der Waals surface area contributed by atoms with Crippen molar-refractivity contribution < 1.29 is 24.1 Å². The third kappa shape index (κ3) is 2.14. The summed E-state index contributed by atoms with van der Waals surface area (Å²) in [5.74, 6) is 0.779. The summed E-state index contributed by atoms with van der Waals surface area (Å²) in [5, 5.41) is 19.3. The molecule has 4 aliphatic carbocycles. The van der Waals surface area contributed by atoms with Crippen LogP contribution in [0.15, 0.2) is 11.8 Å². The second-order valence-electron chi connectivity index (χ2n) is 11.8. The number of ether oxygens (including phenoxy) is 4. The van der Waals surface area contributed by atoms with Crippen molar-refractivity contribution in [3.8, 4) is 0 Å². The van der Waals surface area contributed by atoms with Gasteiger partial charge in [-0.15, -0.1) is 0 Å². The lowest BCUT2D eigenvalue weighted by molar-refractivity contribution is -0.258. The number of allylic oxidation sites excluding steroid dienone is 1. The van der Waals surface area contributed by atoms with Gasteiger partial charge in [-0.05, 0) is 72.8 Å². The number of aliphatic hydroxyl groups is 1. The zero-order chi connectivity index (χ0) is 21.9. The molecule has 7 heteroatoms. The number of rotatable bonds is 0. The number of aliphatic hydroxyl groups excluding tert-OH is 1. The van der Waals surface area contributed by atoms with E-state index in [1.54, 1.807) is 0 Å². The summed E-state index contributed by atoms with van der Waals surface area (Å²) < 4.78 is 24.3. The Balaban J connectivity index is 1.31. The third-order valence-electron chi connectivity index (χ3n) is 10.6. The van der Waals surface area contributed by atoms with Crippen molar-refractivity contribution in [1.29, 1.82) is 0 Å². The van der Waals surface area contributed by atoms with E-state index in [2.05, 4.69) is 37.0 Å². The van der Waals surface area contributed by atoms with Crippen LogP contribution >= 0.6 is 0 Å². The van der Waals surface area contributed by atoms with Crippen molar-refractivity contribution in [3.05, 3.63) is 23.0 Å². The van der Waals surface area contributed by atoms with E-state index in [1.165, 1.54) is 11.1 Å². The van der Waals surface area contributed by atoms with Gasteiger partial charge in [0.25, 0.3) is 0 Å². The van der Waals surface area contributed by atoms with Crippen LogP contribution in [0.25, 0.3) is 6.08 Å². The van der Waals surface area contributed by atoms with Crippen LogP contribution in [0, 0.1) is 34.5 Å². The van der Waals surface area contributed by atoms with Crippen LogP contribution in [0.5, 0.6) is 0 Å². The number of nitrogens with one attached hydrogen (secondary N) is 1. The Morgan fingerprint density at radius 2 is 2.03 bits per heavy atom. The van der Waals surface area contributed by atoms with E-state index in [4.69, 9.17) is 18.9 Å². The highest BCUT2D eigenvalue weighted by atomic mass is 16.9. The molecular formula is C25H34N2O5. The Hall–Kier alpha value is -1.25. The van der Waals surface area contributed by atoms with E-state index in [-0.39, 0.29) is 30.3 Å². The summed E-state index contributed by atoms with van der Waals surface area (Å²) in [5.41, 5.74) is 3.08. The van der Waals surface area contributed by atoms with Crippen LogP contribution in [0.2, 0.25) is 0 Å². The average Bonchev–Trinajstić information content (AvgIpc) is 3.51. The van der Waals surface area contributed by atoms with Crippen LogP contribution in [-0.2, 0) is 25.4 Å². The van der Waals surface area contributed by atoms with Gasteiger partial charge < -0.3 is 24.1 Å². The van der Waals surface area contributed by atoms with Crippen LogP contribution in [-0.4, -0.2) is 53.0 Å². The predicted octanol–water partition coefficient (Wildman–Crippen LogP) is 3.25. The second kappa shape index (κ2) is 6.25. The summed E-state index contributed by atoms with van der Waals surface area (Å²) in [6, 6.07) is 0. The number of hydrogen-bond acceptors (Lipinski definition) is 6. The Labute approximate surface area is 188 Å². The maximum atomic E-state index is 11.9. The van der Waals surface area contributed by atoms with Crippen molar-refractivity contribution in [2.24, 2.45) is 34.5 Å². The van der Waals surface area contributed by atoms with Gasteiger partial charge in [0.2, 0.25) is 5.79 Å². The minimum Gasteiger partial charge on any atom is -0.393 e. The number of hydrogen-bond donors (Lipinski definition) is 2. The van der Waals surface area contributed by atoms with Crippen molar-refractivity contribution in [1.82, 2.24) is 10.2 Å². The monoisotopic (exact) mass is 442 g/mol. The fourth-order valence-electron chi connectivity index (χ4n) is 9.51. The third-order valence-corrected chi connectivity index (χ3v) is 10.6. The highest BCUT2D eigenvalue weighted by Gasteiger charge is 2.77. The van der Waals surface area contributed by atoms with E-state index in [9.17, 15) is 5.11 Å². The number of nitrogens with zero attached hydrogens (tertiary/aromatic N) is 1. The standard InChI is InChI=1S/C25H34N2O5/c1-14-6-16-17-4-5-24(25(32-13-30-24)11-29-12-31-25)23(17,3)9-20(28)21(16)22(2)8-15-10-26-27-19(15)7-18(14)22/h7,10,14,16-17,20-21,28H,4-6,8-9,11-13H2,1-3H3,(H,26,27)/t14-,16-,17-,20-,21+,22-,23-,24+,25?/m0/s1. The minimum atomic E-state index is -0.838. The molecule has 3 heterocycles. The van der Waals surface area contributed by atoms with Gasteiger partial charge in [-0.2, -0.15) is 5.10 Å². The van der Waals surface area contributed by atoms with Crippen molar-refractivity contribution in [3.63, 3.8) is 0 Å². The molecule has 2 spiro atoms. The van der Waals surface area contributed by atoms with Crippen molar-refractivity contribution >= 4 is 6.08 Å². The molecule has 0 radical (unpaired) electrons. The minimum absolute atomic E-state index is 0.0482. The molecule has 174 valence electrons. The lowest BCUT2D eigenvalue weighted by Crippen LogP contribution is -2.66. The first-order valence-electron chi connectivity index (χ1n) is 12.3. The van der Waals surface area contributed by atoms with E-state index in [1.807, 2.05) is 6.20 Å². The number of aromatic nitrogens is 2. The molecule has 6 aliphatic rings. The molecule has 7 nitrogen and oxygen atoms in total. The van der Waals surface area contributed by atoms with Crippen LogP contribution in [0.3, 0.4) is 0 Å². The molecule has 2 N–H and O–H groups in total. The zero-order valence-electron chi connectivity index (χ0n) is 19.2. The molecule has 0 amide bonds. The van der Waals surface area contributed by atoms with Gasteiger partial charge in [0.1, 0.15) is 12.2 Å². The quantitative estimate of drug-likeness (QED) is 0.642. The second-order valence-corrected chi connectivity index (χ2v) is 11.8. The lowest BCUT2D eigenvalue weighted by atomic mass is 9.43. The molecule has 1 aromatic heterocycles. The van der Waals surface area contributed by atoms with Gasteiger partial charge in [0.15, 0.2) is 13.6 Å². The molecule has 2 aliphatic heterocycles. The molecule has 0 aromatic carbocycles. The van der Waals surface area contributed by atoms with Crippen molar-refractivity contribution in [2.75, 3.05) is 20.2 Å². The molecule has 2 saturated heterocycles. The van der Waals surface area contributed by atoms with Gasteiger partial charge in [-0.3, -0.25) is 5.10 Å². The highest BCUT2D eigenvalue weighted by Crippen LogP contribution is 2.72. The van der Waals surface area contributed by atoms with Gasteiger partial charge >= 0.3 is 0 Å². The first kappa shape index (κ1) is 20.2. The summed E-state index contributed by atoms with van der Waals surface area (Å²) in [6.07, 6.45) is 8.64. The smallest absolute Gasteiger partial charge is 0.226 e. The maximum Gasteiger partial charge on any atom is 0.226 e. The SMILES string of the molecule is C[C@H]1C[C@@H]2[C@H]([C@@H](O)C[C@@]3(C)[C@H]2CC[C@@]32OCOC23COCO3)[C@@]2(C)Cc3cn[nH]c3C=C12. The first-order valence-corrected chi connectivity index (χ1v) is 12.3. The Morgan fingerprint density at radius 3 is 2.84 bits per heavy atom. The van der Waals surface area contributed by atoms with E-state index in [0.717, 1.165) is 31.4 Å². The summed E-state index contributed by atoms with van der Waals surface area (Å²) >= 11 is 0. The topological polar surface area (TPSA) is 85.8 Å². The summed E-state index contributed by atoms with van der Waals surface area (Å²) in [7, 11) is 0. The van der Waals surface area contributed by atoms with E-state index < -0.39 is 17.5 Å². The van der Waals surface area contributed by atoms with Gasteiger partial charge in [-0.25, -0.2) is 0 Å². The Morgan fingerprint density at radius 1 is 1.19 bits per heavy atom. The normalized spacial score (nSPS) is 53.8. The average molecular weight is 443 g/mol. The highest BCUT2D eigenvalue weighted by molar-refractivity contribution is 5.59. The zero-order valence-corrected chi connectivity index (χ0v) is 19.2. The maximum absolute atomic E-state index is 11.9. The molecule has 5 fully saturated rings. The molecule has 32 heavy (non-hydrogen) atoms. The summed E-state index contributed by atoms with van der Waals surface area (Å²) in [6.45, 7) is 7.98. The van der Waals surface area contributed by atoms with Crippen LogP contribution in [0.4, 0.5) is 0 Å². The molecular weight excluding hydrogens is 408 g/mol. The molecule has 9 atom stereocenters. The van der Waals surface area contributed by atoms with E-state index >= 15 is 0 Å². The molecule has 3 saturated carbocycles. The molecule has 1 aromatic rings. The fourth-order valence-corrected chi connectivity index (χ4v) is 9.51. The summed E-state index contributed by atoms with van der Waals surface area (Å²) in [4.78, 5) is 0. The van der Waals surface area contributed by atoms with Crippen LogP contribution in [0.1, 0.15) is 57.7 Å².